The van der Waals surface area contributed by atoms with Gasteiger partial charge in [0.15, 0.2) is 0 Å². The highest BCUT2D eigenvalue weighted by Crippen LogP contribution is 2.34. The van der Waals surface area contributed by atoms with E-state index in [1.807, 2.05) is 0 Å². The fraction of sp³-hybridized carbons (Fsp3) is 0.333. The average molecular weight is 322 g/mol. The standard InChI is InChI=1S/C15H18N2O4S/c1-16(2)9-17-14(18)13(22-15(17)19)7-10-5-6-11(20-3)8-12(10)21-4/h5-8H,9H2,1-4H3/b13-7+. The molecule has 1 aliphatic rings. The van der Waals surface area contributed by atoms with Crippen LogP contribution in [0.1, 0.15) is 5.56 Å². The molecular formula is C15H18N2O4S. The number of ether oxygens (including phenoxy) is 2. The lowest BCUT2D eigenvalue weighted by Crippen LogP contribution is -2.36. The highest BCUT2D eigenvalue weighted by molar-refractivity contribution is 8.18. The van der Waals surface area contributed by atoms with Gasteiger partial charge in [-0.25, -0.2) is 0 Å². The number of hydrogen-bond donors (Lipinski definition) is 0. The van der Waals surface area contributed by atoms with Crippen LogP contribution < -0.4 is 9.47 Å². The molecule has 0 bridgehead atoms. The second kappa shape index (κ2) is 6.85. The monoisotopic (exact) mass is 322 g/mol. The van der Waals surface area contributed by atoms with E-state index < -0.39 is 0 Å². The second-order valence-electron chi connectivity index (χ2n) is 4.94. The molecule has 1 saturated heterocycles. The largest absolute Gasteiger partial charge is 0.497 e. The Labute approximate surface area is 133 Å². The van der Waals surface area contributed by atoms with Crippen molar-refractivity contribution in [1.29, 1.82) is 0 Å². The summed E-state index contributed by atoms with van der Waals surface area (Å²) in [7, 11) is 6.73. The summed E-state index contributed by atoms with van der Waals surface area (Å²) in [5.41, 5.74) is 0.721. The highest BCUT2D eigenvalue weighted by atomic mass is 32.2. The predicted molar refractivity (Wildman–Crippen MR) is 85.9 cm³/mol. The lowest BCUT2D eigenvalue weighted by Gasteiger charge is -2.17. The van der Waals surface area contributed by atoms with Crippen LogP contribution in [0.2, 0.25) is 0 Å². The number of thioether (sulfide) groups is 1. The number of rotatable bonds is 5. The van der Waals surface area contributed by atoms with Gasteiger partial charge < -0.3 is 9.47 Å². The molecule has 1 aliphatic heterocycles. The molecule has 0 aromatic heterocycles. The Morgan fingerprint density at radius 1 is 1.23 bits per heavy atom. The molecule has 1 heterocycles. The van der Waals surface area contributed by atoms with Gasteiger partial charge in [0.1, 0.15) is 11.5 Å². The number of imide groups is 1. The summed E-state index contributed by atoms with van der Waals surface area (Å²) in [5.74, 6) is 0.954. The maximum absolute atomic E-state index is 12.3. The molecule has 0 aliphatic carbocycles. The minimum absolute atomic E-state index is 0.266. The van der Waals surface area contributed by atoms with E-state index in [-0.39, 0.29) is 17.8 Å². The molecule has 2 amide bonds. The van der Waals surface area contributed by atoms with Gasteiger partial charge in [0.25, 0.3) is 11.1 Å². The van der Waals surface area contributed by atoms with Crippen molar-refractivity contribution in [2.45, 2.75) is 0 Å². The van der Waals surface area contributed by atoms with Gasteiger partial charge in [-0.05, 0) is 44.1 Å². The van der Waals surface area contributed by atoms with E-state index in [1.165, 1.54) is 4.90 Å². The third-order valence-electron chi connectivity index (χ3n) is 3.03. The molecule has 7 heteroatoms. The zero-order chi connectivity index (χ0) is 16.3. The number of methoxy groups -OCH3 is 2. The summed E-state index contributed by atoms with van der Waals surface area (Å²) in [5, 5.41) is -0.266. The Morgan fingerprint density at radius 3 is 2.55 bits per heavy atom. The normalized spacial score (nSPS) is 16.8. The summed E-state index contributed by atoms with van der Waals surface area (Å²) < 4.78 is 10.4. The first-order valence-corrected chi connectivity index (χ1v) is 7.40. The number of amides is 2. The van der Waals surface area contributed by atoms with Crippen LogP contribution in [0.15, 0.2) is 23.1 Å². The number of carbonyl (C=O) groups excluding carboxylic acids is 2. The van der Waals surface area contributed by atoms with Crippen LogP contribution in [0.4, 0.5) is 4.79 Å². The molecule has 1 fully saturated rings. The first-order chi connectivity index (χ1) is 10.5. The molecular weight excluding hydrogens is 304 g/mol. The quantitative estimate of drug-likeness (QED) is 0.775. The zero-order valence-corrected chi connectivity index (χ0v) is 13.8. The first-order valence-electron chi connectivity index (χ1n) is 6.58. The zero-order valence-electron chi connectivity index (χ0n) is 13.0. The van der Waals surface area contributed by atoms with Crippen molar-refractivity contribution in [2.24, 2.45) is 0 Å². The van der Waals surface area contributed by atoms with Crippen LogP contribution >= 0.6 is 11.8 Å². The smallest absolute Gasteiger partial charge is 0.294 e. The Kier molecular flexibility index (Phi) is 5.10. The molecule has 0 radical (unpaired) electrons. The fourth-order valence-corrected chi connectivity index (χ4v) is 2.81. The SMILES string of the molecule is COc1ccc(/C=C2/SC(=O)N(CN(C)C)C2=O)c(OC)c1. The molecule has 2 rings (SSSR count). The lowest BCUT2D eigenvalue weighted by molar-refractivity contribution is -0.123. The third kappa shape index (κ3) is 3.42. The van der Waals surface area contributed by atoms with E-state index in [0.717, 1.165) is 17.3 Å². The molecule has 1 aromatic rings. The molecule has 6 nitrogen and oxygen atoms in total. The average Bonchev–Trinajstić information content (AvgIpc) is 2.75. The van der Waals surface area contributed by atoms with Gasteiger partial charge >= 0.3 is 0 Å². The van der Waals surface area contributed by atoms with E-state index in [1.54, 1.807) is 57.5 Å². The van der Waals surface area contributed by atoms with Crippen LogP contribution in [-0.2, 0) is 4.79 Å². The van der Waals surface area contributed by atoms with Gasteiger partial charge in [0, 0.05) is 11.6 Å². The Balaban J connectivity index is 2.30. The first kappa shape index (κ1) is 16.4. The van der Waals surface area contributed by atoms with Gasteiger partial charge in [0.05, 0.1) is 25.8 Å². The molecule has 118 valence electrons. The second-order valence-corrected chi connectivity index (χ2v) is 5.93. The van der Waals surface area contributed by atoms with Crippen LogP contribution in [0.3, 0.4) is 0 Å². The van der Waals surface area contributed by atoms with Crippen molar-refractivity contribution in [3.8, 4) is 11.5 Å². The third-order valence-corrected chi connectivity index (χ3v) is 3.93. The van der Waals surface area contributed by atoms with Crippen LogP contribution in [0, 0.1) is 0 Å². The summed E-state index contributed by atoms with van der Waals surface area (Å²) in [4.78, 5) is 27.6. The summed E-state index contributed by atoms with van der Waals surface area (Å²) >= 11 is 0.933. The Bertz CT molecular complexity index is 628. The van der Waals surface area contributed by atoms with Crippen LogP contribution in [0.25, 0.3) is 6.08 Å². The highest BCUT2D eigenvalue weighted by Gasteiger charge is 2.35. The van der Waals surface area contributed by atoms with Crippen LogP contribution in [-0.4, -0.2) is 55.9 Å². The van der Waals surface area contributed by atoms with Crippen LogP contribution in [0.5, 0.6) is 11.5 Å². The molecule has 0 atom stereocenters. The Hall–Kier alpha value is -1.99. The van der Waals surface area contributed by atoms with Crippen molar-refractivity contribution in [3.63, 3.8) is 0 Å². The summed E-state index contributed by atoms with van der Waals surface area (Å²) in [6.07, 6.45) is 1.67. The molecule has 1 aromatic carbocycles. The van der Waals surface area contributed by atoms with Gasteiger partial charge in [0.2, 0.25) is 0 Å². The summed E-state index contributed by atoms with van der Waals surface area (Å²) in [6.45, 7) is 0.266. The van der Waals surface area contributed by atoms with Gasteiger partial charge in [-0.15, -0.1) is 0 Å². The minimum Gasteiger partial charge on any atom is -0.497 e. The van der Waals surface area contributed by atoms with E-state index in [4.69, 9.17) is 9.47 Å². The van der Waals surface area contributed by atoms with Gasteiger partial charge in [-0.3, -0.25) is 19.4 Å². The van der Waals surface area contributed by atoms with E-state index in [2.05, 4.69) is 0 Å². The number of benzene rings is 1. The lowest BCUT2D eigenvalue weighted by atomic mass is 10.1. The van der Waals surface area contributed by atoms with Crippen molar-refractivity contribution in [2.75, 3.05) is 35.0 Å². The van der Waals surface area contributed by atoms with E-state index in [0.29, 0.717) is 16.4 Å². The summed E-state index contributed by atoms with van der Waals surface area (Å²) in [6, 6.07) is 5.30. The van der Waals surface area contributed by atoms with Crippen molar-refractivity contribution in [3.05, 3.63) is 28.7 Å². The van der Waals surface area contributed by atoms with Crippen molar-refractivity contribution in [1.82, 2.24) is 9.80 Å². The van der Waals surface area contributed by atoms with Crippen molar-refractivity contribution >= 4 is 29.0 Å². The maximum atomic E-state index is 12.3. The maximum Gasteiger partial charge on any atom is 0.294 e. The minimum atomic E-state index is -0.290. The fourth-order valence-electron chi connectivity index (χ4n) is 1.98. The van der Waals surface area contributed by atoms with E-state index in [9.17, 15) is 9.59 Å². The number of carbonyl (C=O) groups is 2. The van der Waals surface area contributed by atoms with Crippen molar-refractivity contribution < 1.29 is 19.1 Å². The van der Waals surface area contributed by atoms with Gasteiger partial charge in [-0.1, -0.05) is 0 Å². The molecule has 0 N–H and O–H groups in total. The molecule has 0 spiro atoms. The van der Waals surface area contributed by atoms with Gasteiger partial charge in [-0.2, -0.15) is 0 Å². The number of hydrogen-bond acceptors (Lipinski definition) is 6. The number of nitrogens with zero attached hydrogens (tertiary/aromatic N) is 2. The predicted octanol–water partition coefficient (Wildman–Crippen LogP) is 2.26. The molecule has 0 unspecified atom stereocenters. The Morgan fingerprint density at radius 2 is 1.95 bits per heavy atom. The van der Waals surface area contributed by atoms with E-state index >= 15 is 0 Å². The molecule has 22 heavy (non-hydrogen) atoms. The topological polar surface area (TPSA) is 59.1 Å². The molecule has 0 saturated carbocycles.